The first kappa shape index (κ1) is 13.6. The lowest BCUT2D eigenvalue weighted by Gasteiger charge is -2.09. The second-order valence-electron chi connectivity index (χ2n) is 4.48. The van der Waals surface area contributed by atoms with Crippen LogP contribution in [0.3, 0.4) is 0 Å². The van der Waals surface area contributed by atoms with Crippen molar-refractivity contribution in [2.45, 2.75) is 25.4 Å². The van der Waals surface area contributed by atoms with Gasteiger partial charge in [0, 0.05) is 24.1 Å². The van der Waals surface area contributed by atoms with Crippen LogP contribution in [-0.2, 0) is 4.74 Å². The summed E-state index contributed by atoms with van der Waals surface area (Å²) in [5, 5.41) is 0. The summed E-state index contributed by atoms with van der Waals surface area (Å²) < 4.78 is 11.2. The highest BCUT2D eigenvalue weighted by Crippen LogP contribution is 2.18. The van der Waals surface area contributed by atoms with E-state index in [0.717, 1.165) is 42.6 Å². The van der Waals surface area contributed by atoms with Crippen molar-refractivity contribution in [1.82, 2.24) is 0 Å². The van der Waals surface area contributed by atoms with Crippen molar-refractivity contribution < 1.29 is 9.47 Å². The number of nitrogen functional groups attached to an aromatic ring is 1. The maximum absolute atomic E-state index is 5.68. The first-order valence-corrected chi connectivity index (χ1v) is 7.68. The molecule has 0 bridgehead atoms. The van der Waals surface area contributed by atoms with Crippen molar-refractivity contribution in [3.8, 4) is 5.75 Å². The maximum atomic E-state index is 5.68. The quantitative estimate of drug-likeness (QED) is 0.609. The summed E-state index contributed by atoms with van der Waals surface area (Å²) in [6, 6.07) is 7.58. The van der Waals surface area contributed by atoms with Crippen LogP contribution >= 0.6 is 11.8 Å². The third-order valence-corrected chi connectivity index (χ3v) is 4.07. The van der Waals surface area contributed by atoms with Gasteiger partial charge in [0.15, 0.2) is 0 Å². The average Bonchev–Trinajstić information content (AvgIpc) is 2.87. The molecule has 1 aromatic carbocycles. The molecule has 4 heteroatoms. The fourth-order valence-electron chi connectivity index (χ4n) is 1.95. The first-order valence-electron chi connectivity index (χ1n) is 6.52. The van der Waals surface area contributed by atoms with Crippen LogP contribution in [0.2, 0.25) is 0 Å². The van der Waals surface area contributed by atoms with Crippen LogP contribution in [0.25, 0.3) is 0 Å². The van der Waals surface area contributed by atoms with Gasteiger partial charge in [-0.2, -0.15) is 11.8 Å². The molecular formula is C14H21NO2S. The molecule has 1 fully saturated rings. The fraction of sp³-hybridized carbons (Fsp3) is 0.571. The molecule has 18 heavy (non-hydrogen) atoms. The minimum Gasteiger partial charge on any atom is -0.493 e. The Hall–Kier alpha value is -0.870. The molecule has 1 saturated heterocycles. The van der Waals surface area contributed by atoms with Crippen LogP contribution in [0.1, 0.15) is 19.3 Å². The van der Waals surface area contributed by atoms with Crippen LogP contribution in [0.5, 0.6) is 5.75 Å². The van der Waals surface area contributed by atoms with E-state index in [1.54, 1.807) is 0 Å². The average molecular weight is 267 g/mol. The summed E-state index contributed by atoms with van der Waals surface area (Å²) in [4.78, 5) is 0. The molecule has 3 nitrogen and oxygen atoms in total. The zero-order valence-corrected chi connectivity index (χ0v) is 11.5. The minimum absolute atomic E-state index is 0.491. The zero-order chi connectivity index (χ0) is 12.6. The molecular weight excluding hydrogens is 246 g/mol. The summed E-state index contributed by atoms with van der Waals surface area (Å²) in [6.07, 6.45) is 4.01. The Labute approximate surface area is 113 Å². The lowest BCUT2D eigenvalue weighted by molar-refractivity contribution is 0.129. The van der Waals surface area contributed by atoms with E-state index in [1.807, 2.05) is 36.0 Å². The summed E-state index contributed by atoms with van der Waals surface area (Å²) >= 11 is 1.96. The van der Waals surface area contributed by atoms with Gasteiger partial charge < -0.3 is 15.2 Å². The Morgan fingerprint density at radius 1 is 1.44 bits per heavy atom. The number of rotatable bonds is 7. The van der Waals surface area contributed by atoms with Crippen molar-refractivity contribution in [2.24, 2.45) is 0 Å². The third kappa shape index (κ3) is 4.78. The number of hydrogen-bond donors (Lipinski definition) is 1. The third-order valence-electron chi connectivity index (χ3n) is 2.89. The molecule has 0 spiro atoms. The number of benzene rings is 1. The molecule has 1 heterocycles. The molecule has 2 rings (SSSR count). The highest BCUT2D eigenvalue weighted by atomic mass is 32.2. The Morgan fingerprint density at radius 2 is 2.39 bits per heavy atom. The van der Waals surface area contributed by atoms with Gasteiger partial charge in [0.05, 0.1) is 12.7 Å². The highest BCUT2D eigenvalue weighted by Gasteiger charge is 2.14. The van der Waals surface area contributed by atoms with E-state index in [9.17, 15) is 0 Å². The van der Waals surface area contributed by atoms with Gasteiger partial charge in [0.25, 0.3) is 0 Å². The number of anilines is 1. The summed E-state index contributed by atoms with van der Waals surface area (Å²) in [6.45, 7) is 1.70. The Balaban J connectivity index is 1.50. The maximum Gasteiger partial charge on any atom is 0.121 e. The summed E-state index contributed by atoms with van der Waals surface area (Å²) in [5.74, 6) is 3.11. The molecule has 1 aliphatic heterocycles. The smallest absolute Gasteiger partial charge is 0.121 e. The Morgan fingerprint density at radius 3 is 3.17 bits per heavy atom. The number of ether oxygens (including phenoxy) is 2. The largest absolute Gasteiger partial charge is 0.493 e. The number of nitrogens with two attached hydrogens (primary N) is 1. The molecule has 1 atom stereocenters. The van der Waals surface area contributed by atoms with Crippen molar-refractivity contribution in [3.05, 3.63) is 24.3 Å². The van der Waals surface area contributed by atoms with Crippen molar-refractivity contribution in [2.75, 3.05) is 30.5 Å². The zero-order valence-electron chi connectivity index (χ0n) is 10.6. The second-order valence-corrected chi connectivity index (χ2v) is 5.63. The molecule has 0 aliphatic carbocycles. The van der Waals surface area contributed by atoms with E-state index < -0.39 is 0 Å². The lowest BCUT2D eigenvalue weighted by atomic mass is 10.3. The number of hydrogen-bond acceptors (Lipinski definition) is 4. The molecule has 0 amide bonds. The van der Waals surface area contributed by atoms with Crippen molar-refractivity contribution in [1.29, 1.82) is 0 Å². The van der Waals surface area contributed by atoms with Gasteiger partial charge in [-0.25, -0.2) is 0 Å². The van der Waals surface area contributed by atoms with Gasteiger partial charge >= 0.3 is 0 Å². The Kier molecular flexibility index (Phi) is 5.68. The predicted molar refractivity (Wildman–Crippen MR) is 77.3 cm³/mol. The van der Waals surface area contributed by atoms with Crippen LogP contribution in [0.15, 0.2) is 24.3 Å². The van der Waals surface area contributed by atoms with Gasteiger partial charge in [0.2, 0.25) is 0 Å². The SMILES string of the molecule is Nc1cccc(OCCCSCC2CCCO2)c1. The van der Waals surface area contributed by atoms with Crippen LogP contribution in [0.4, 0.5) is 5.69 Å². The van der Waals surface area contributed by atoms with Gasteiger partial charge in [-0.3, -0.25) is 0 Å². The molecule has 0 saturated carbocycles. The van der Waals surface area contributed by atoms with E-state index in [0.29, 0.717) is 6.10 Å². The van der Waals surface area contributed by atoms with E-state index in [4.69, 9.17) is 15.2 Å². The molecule has 0 aromatic heterocycles. The summed E-state index contributed by atoms with van der Waals surface area (Å²) in [5.41, 5.74) is 6.43. The molecule has 0 radical (unpaired) electrons. The van der Waals surface area contributed by atoms with Gasteiger partial charge in [-0.05, 0) is 37.1 Å². The monoisotopic (exact) mass is 267 g/mol. The van der Waals surface area contributed by atoms with E-state index >= 15 is 0 Å². The van der Waals surface area contributed by atoms with Crippen molar-refractivity contribution in [3.63, 3.8) is 0 Å². The molecule has 100 valence electrons. The lowest BCUT2D eigenvalue weighted by Crippen LogP contribution is -2.09. The van der Waals surface area contributed by atoms with Crippen molar-refractivity contribution >= 4 is 17.4 Å². The summed E-state index contributed by atoms with van der Waals surface area (Å²) in [7, 11) is 0. The van der Waals surface area contributed by atoms with E-state index in [1.165, 1.54) is 12.8 Å². The van der Waals surface area contributed by atoms with Gasteiger partial charge in [0.1, 0.15) is 5.75 Å². The standard InChI is InChI=1S/C14H21NO2S/c15-12-4-1-5-13(10-12)16-8-3-9-18-11-14-6-2-7-17-14/h1,4-5,10,14H,2-3,6-9,11,15H2. The minimum atomic E-state index is 0.491. The van der Waals surface area contributed by atoms with E-state index in [-0.39, 0.29) is 0 Å². The number of thioether (sulfide) groups is 1. The molecule has 2 N–H and O–H groups in total. The topological polar surface area (TPSA) is 44.5 Å². The molecule has 1 unspecified atom stereocenters. The second kappa shape index (κ2) is 7.54. The highest BCUT2D eigenvalue weighted by molar-refractivity contribution is 7.99. The normalized spacial score (nSPS) is 19.0. The predicted octanol–water partition coefficient (Wildman–Crippen LogP) is 2.95. The fourth-order valence-corrected chi connectivity index (χ4v) is 2.96. The Bertz CT molecular complexity index is 353. The first-order chi connectivity index (χ1) is 8.84. The van der Waals surface area contributed by atoms with Crippen LogP contribution < -0.4 is 10.5 Å². The molecule has 1 aromatic rings. The van der Waals surface area contributed by atoms with Crippen LogP contribution in [-0.4, -0.2) is 30.8 Å². The van der Waals surface area contributed by atoms with Gasteiger partial charge in [-0.15, -0.1) is 0 Å². The van der Waals surface area contributed by atoms with E-state index in [2.05, 4.69) is 0 Å². The molecule has 1 aliphatic rings. The van der Waals surface area contributed by atoms with Gasteiger partial charge in [-0.1, -0.05) is 6.07 Å². The van der Waals surface area contributed by atoms with Crippen LogP contribution in [0, 0.1) is 0 Å².